The van der Waals surface area contributed by atoms with Gasteiger partial charge >= 0.3 is 0 Å². The minimum absolute atomic E-state index is 0.164. The molecule has 1 amide bonds. The topological polar surface area (TPSA) is 84.5 Å². The van der Waals surface area contributed by atoms with Crippen LogP contribution in [0.3, 0.4) is 0 Å². The zero-order chi connectivity index (χ0) is 21.7. The summed E-state index contributed by atoms with van der Waals surface area (Å²) in [6, 6.07) is 10.5. The number of H-pyrrole nitrogens is 1. The molecule has 3 rings (SSSR count). The summed E-state index contributed by atoms with van der Waals surface area (Å²) in [6.07, 6.45) is 3.07. The van der Waals surface area contributed by atoms with Crippen molar-refractivity contribution in [2.24, 2.45) is 0 Å². The van der Waals surface area contributed by atoms with Crippen LogP contribution in [-0.4, -0.2) is 41.5 Å². The lowest BCUT2D eigenvalue weighted by atomic mass is 10.2. The van der Waals surface area contributed by atoms with E-state index in [9.17, 15) is 9.59 Å². The molecule has 3 aromatic rings. The Bertz CT molecular complexity index is 1160. The zero-order valence-corrected chi connectivity index (χ0v) is 17.7. The van der Waals surface area contributed by atoms with Gasteiger partial charge < -0.3 is 19.4 Å². The Morgan fingerprint density at radius 1 is 1.30 bits per heavy atom. The third-order valence-corrected chi connectivity index (χ3v) is 4.66. The second kappa shape index (κ2) is 9.45. The Kier molecular flexibility index (Phi) is 6.74. The number of carbonyl (C=O) groups excluding carboxylic acids is 1. The molecule has 2 aromatic carbocycles. The number of benzene rings is 2. The number of para-hydroxylation sites is 1. The quantitative estimate of drug-likeness (QED) is 0.582. The lowest BCUT2D eigenvalue weighted by Crippen LogP contribution is -2.26. The van der Waals surface area contributed by atoms with E-state index in [0.29, 0.717) is 45.4 Å². The average molecular weight is 428 g/mol. The Labute approximate surface area is 178 Å². The third kappa shape index (κ3) is 4.80. The van der Waals surface area contributed by atoms with Gasteiger partial charge in [-0.2, -0.15) is 0 Å². The number of amides is 1. The van der Waals surface area contributed by atoms with E-state index in [0.717, 1.165) is 0 Å². The summed E-state index contributed by atoms with van der Waals surface area (Å²) in [5.74, 6) is 1.11. The Hall–Kier alpha value is -3.32. The van der Waals surface area contributed by atoms with Gasteiger partial charge in [-0.05, 0) is 42.8 Å². The van der Waals surface area contributed by atoms with Crippen LogP contribution in [-0.2, 0) is 11.3 Å². The maximum absolute atomic E-state index is 12.5. The summed E-state index contributed by atoms with van der Waals surface area (Å²) in [5.41, 5.74) is 1.05. The summed E-state index contributed by atoms with van der Waals surface area (Å²) in [4.78, 5) is 33.3. The number of fused-ring (bicyclic) bond motifs is 1. The van der Waals surface area contributed by atoms with Gasteiger partial charge in [-0.3, -0.25) is 9.59 Å². The second-order valence-corrected chi connectivity index (χ2v) is 6.93. The highest BCUT2D eigenvalue weighted by molar-refractivity contribution is 6.32. The second-order valence-electron chi connectivity index (χ2n) is 6.52. The van der Waals surface area contributed by atoms with Crippen molar-refractivity contribution in [3.63, 3.8) is 0 Å². The fraction of sp³-hybridized carbons (Fsp3) is 0.227. The molecule has 0 saturated carbocycles. The number of likely N-dealkylation sites (N-methyl/N-ethyl adjacent to an activating group) is 1. The number of aromatic amines is 1. The molecule has 0 unspecified atom stereocenters. The maximum Gasteiger partial charge on any atom is 0.258 e. The highest BCUT2D eigenvalue weighted by Crippen LogP contribution is 2.36. The zero-order valence-electron chi connectivity index (χ0n) is 16.9. The monoisotopic (exact) mass is 427 g/mol. The predicted octanol–water partition coefficient (Wildman–Crippen LogP) is 3.66. The number of carbonyl (C=O) groups is 1. The maximum atomic E-state index is 12.5. The van der Waals surface area contributed by atoms with E-state index in [4.69, 9.17) is 21.1 Å². The van der Waals surface area contributed by atoms with Gasteiger partial charge in [0, 0.05) is 13.1 Å². The first kappa shape index (κ1) is 21.4. The van der Waals surface area contributed by atoms with Crippen molar-refractivity contribution in [1.29, 1.82) is 0 Å². The minimum atomic E-state index is -0.254. The van der Waals surface area contributed by atoms with Crippen LogP contribution in [0, 0.1) is 0 Å². The van der Waals surface area contributed by atoms with Gasteiger partial charge in [0.15, 0.2) is 11.5 Å². The molecule has 0 saturated heterocycles. The van der Waals surface area contributed by atoms with Crippen molar-refractivity contribution in [2.75, 3.05) is 20.8 Å². The number of halogens is 1. The van der Waals surface area contributed by atoms with Gasteiger partial charge in [0.05, 0.1) is 36.2 Å². The SMILES string of the molecule is CCOc1cc(/C=C/C(=O)N(C)Cc2nc3ccccc3c(=O)[nH]2)cc(Cl)c1OC. The molecule has 0 aliphatic carbocycles. The van der Waals surface area contributed by atoms with Crippen molar-refractivity contribution in [3.8, 4) is 11.5 Å². The van der Waals surface area contributed by atoms with Gasteiger partial charge in [-0.25, -0.2) is 4.98 Å². The van der Waals surface area contributed by atoms with Gasteiger partial charge in [-0.15, -0.1) is 0 Å². The van der Waals surface area contributed by atoms with E-state index in [1.54, 1.807) is 43.5 Å². The van der Waals surface area contributed by atoms with E-state index >= 15 is 0 Å². The van der Waals surface area contributed by atoms with E-state index in [1.165, 1.54) is 18.1 Å². The number of nitrogens with one attached hydrogen (secondary N) is 1. The highest BCUT2D eigenvalue weighted by Gasteiger charge is 2.12. The van der Waals surface area contributed by atoms with Gasteiger partial charge in [-0.1, -0.05) is 23.7 Å². The molecule has 0 radical (unpaired) electrons. The molecular formula is C22H22ClN3O4. The number of nitrogens with zero attached hydrogens (tertiary/aromatic N) is 2. The minimum Gasteiger partial charge on any atom is -0.491 e. The fourth-order valence-corrected chi connectivity index (χ4v) is 3.25. The van der Waals surface area contributed by atoms with Gasteiger partial charge in [0.1, 0.15) is 5.82 Å². The van der Waals surface area contributed by atoms with Crippen molar-refractivity contribution < 1.29 is 14.3 Å². The third-order valence-electron chi connectivity index (χ3n) is 4.38. The Morgan fingerprint density at radius 3 is 2.80 bits per heavy atom. The summed E-state index contributed by atoms with van der Waals surface area (Å²) in [7, 11) is 3.15. The summed E-state index contributed by atoms with van der Waals surface area (Å²) < 4.78 is 10.8. The van der Waals surface area contributed by atoms with E-state index < -0.39 is 0 Å². The Balaban J connectivity index is 1.76. The molecule has 156 valence electrons. The van der Waals surface area contributed by atoms with Crippen molar-refractivity contribution >= 4 is 34.5 Å². The molecule has 0 fully saturated rings. The van der Waals surface area contributed by atoms with E-state index in [1.807, 2.05) is 13.0 Å². The smallest absolute Gasteiger partial charge is 0.258 e. The number of rotatable bonds is 7. The Morgan fingerprint density at radius 2 is 2.07 bits per heavy atom. The lowest BCUT2D eigenvalue weighted by Gasteiger charge is -2.15. The average Bonchev–Trinajstić information content (AvgIpc) is 2.72. The van der Waals surface area contributed by atoms with Gasteiger partial charge in [0.2, 0.25) is 5.91 Å². The number of hydrogen-bond acceptors (Lipinski definition) is 5. The number of aromatic nitrogens is 2. The van der Waals surface area contributed by atoms with Crippen LogP contribution in [0.15, 0.2) is 47.3 Å². The number of methoxy groups -OCH3 is 1. The molecule has 1 heterocycles. The fourth-order valence-electron chi connectivity index (χ4n) is 2.95. The molecule has 0 atom stereocenters. The van der Waals surface area contributed by atoms with Crippen molar-refractivity contribution in [3.05, 3.63) is 69.2 Å². The number of hydrogen-bond donors (Lipinski definition) is 1. The van der Waals surface area contributed by atoms with Crippen LogP contribution in [0.25, 0.3) is 17.0 Å². The van der Waals surface area contributed by atoms with Crippen LogP contribution in [0.1, 0.15) is 18.3 Å². The molecule has 1 N–H and O–H groups in total. The standard InChI is InChI=1S/C22H22ClN3O4/c1-4-30-18-12-14(11-16(23)21(18)29-3)9-10-20(27)26(2)13-19-24-17-8-6-5-7-15(17)22(28)25-19/h5-12H,4,13H2,1-3H3,(H,24,25,28)/b10-9+. The molecule has 0 spiro atoms. The first-order chi connectivity index (χ1) is 14.4. The molecule has 0 bridgehead atoms. The van der Waals surface area contributed by atoms with Crippen LogP contribution in [0.5, 0.6) is 11.5 Å². The highest BCUT2D eigenvalue weighted by atomic mass is 35.5. The normalized spacial score (nSPS) is 11.1. The largest absolute Gasteiger partial charge is 0.491 e. The van der Waals surface area contributed by atoms with Crippen molar-refractivity contribution in [2.45, 2.75) is 13.5 Å². The van der Waals surface area contributed by atoms with Crippen LogP contribution >= 0.6 is 11.6 Å². The van der Waals surface area contributed by atoms with Crippen LogP contribution in [0.4, 0.5) is 0 Å². The lowest BCUT2D eigenvalue weighted by molar-refractivity contribution is -0.125. The molecule has 0 aliphatic rings. The molecule has 1 aromatic heterocycles. The summed E-state index contributed by atoms with van der Waals surface area (Å²) in [5, 5.41) is 0.901. The summed E-state index contributed by atoms with van der Waals surface area (Å²) in [6.45, 7) is 2.48. The molecular weight excluding hydrogens is 406 g/mol. The number of ether oxygens (including phenoxy) is 2. The molecule has 8 heteroatoms. The van der Waals surface area contributed by atoms with Crippen LogP contribution < -0.4 is 15.0 Å². The molecule has 0 aliphatic heterocycles. The van der Waals surface area contributed by atoms with E-state index in [2.05, 4.69) is 9.97 Å². The first-order valence-corrected chi connectivity index (χ1v) is 9.72. The predicted molar refractivity (Wildman–Crippen MR) is 117 cm³/mol. The molecule has 7 nitrogen and oxygen atoms in total. The van der Waals surface area contributed by atoms with Gasteiger partial charge in [0.25, 0.3) is 5.56 Å². The van der Waals surface area contributed by atoms with Crippen molar-refractivity contribution in [1.82, 2.24) is 14.9 Å². The first-order valence-electron chi connectivity index (χ1n) is 9.34. The van der Waals surface area contributed by atoms with E-state index in [-0.39, 0.29) is 18.0 Å². The van der Waals surface area contributed by atoms with Crippen LogP contribution in [0.2, 0.25) is 5.02 Å². The molecule has 30 heavy (non-hydrogen) atoms. The summed E-state index contributed by atoms with van der Waals surface area (Å²) >= 11 is 6.24.